The molecule has 4 heteroatoms. The third kappa shape index (κ3) is 5.02. The summed E-state index contributed by atoms with van der Waals surface area (Å²) in [5, 5.41) is 2.82. The van der Waals surface area contributed by atoms with Crippen LogP contribution in [-0.2, 0) is 4.79 Å². The molecule has 2 aromatic rings. The van der Waals surface area contributed by atoms with Crippen molar-refractivity contribution in [1.82, 2.24) is 0 Å². The fraction of sp³-hybridized carbons (Fsp3) is 0.316. The zero-order valence-corrected chi connectivity index (χ0v) is 13.9. The van der Waals surface area contributed by atoms with Crippen LogP contribution in [0.4, 0.5) is 5.69 Å². The van der Waals surface area contributed by atoms with E-state index in [0.717, 1.165) is 29.0 Å². The van der Waals surface area contributed by atoms with E-state index in [1.807, 2.05) is 56.3 Å². The summed E-state index contributed by atoms with van der Waals surface area (Å²) in [6.07, 6.45) is 0.945. The Morgan fingerprint density at radius 1 is 1.04 bits per heavy atom. The first-order valence-electron chi connectivity index (χ1n) is 7.82. The molecule has 0 saturated carbocycles. The first kappa shape index (κ1) is 16.9. The summed E-state index contributed by atoms with van der Waals surface area (Å²) in [6, 6.07) is 13.3. The molecular weight excluding hydrogens is 290 g/mol. The molecule has 0 aromatic heterocycles. The van der Waals surface area contributed by atoms with E-state index in [4.69, 9.17) is 9.47 Å². The molecule has 0 heterocycles. The molecule has 0 atom stereocenters. The second-order valence-electron chi connectivity index (χ2n) is 5.43. The Labute approximate surface area is 137 Å². The number of amides is 1. The number of hydrogen-bond donors (Lipinski definition) is 1. The van der Waals surface area contributed by atoms with E-state index < -0.39 is 0 Å². The molecule has 0 unspecified atom stereocenters. The van der Waals surface area contributed by atoms with Crippen LogP contribution in [0.3, 0.4) is 0 Å². The number of para-hydroxylation sites is 1. The van der Waals surface area contributed by atoms with E-state index in [0.29, 0.717) is 12.3 Å². The molecule has 0 bridgehead atoms. The minimum absolute atomic E-state index is 0.0221. The van der Waals surface area contributed by atoms with Crippen LogP contribution in [0.2, 0.25) is 0 Å². The second-order valence-corrected chi connectivity index (χ2v) is 5.43. The summed E-state index contributed by atoms with van der Waals surface area (Å²) in [7, 11) is 0. The van der Waals surface area contributed by atoms with Gasteiger partial charge in [-0.25, -0.2) is 0 Å². The molecule has 0 aliphatic carbocycles. The number of rotatable bonds is 7. The predicted molar refractivity (Wildman–Crippen MR) is 92.3 cm³/mol. The van der Waals surface area contributed by atoms with E-state index in [1.165, 1.54) is 0 Å². The van der Waals surface area contributed by atoms with Crippen LogP contribution >= 0.6 is 0 Å². The van der Waals surface area contributed by atoms with Crippen LogP contribution in [-0.4, -0.2) is 19.1 Å². The fourth-order valence-electron chi connectivity index (χ4n) is 2.25. The maximum Gasteiger partial charge on any atom is 0.262 e. The van der Waals surface area contributed by atoms with Crippen LogP contribution in [0.5, 0.6) is 11.5 Å². The first-order chi connectivity index (χ1) is 11.1. The molecular formula is C19H23NO3. The predicted octanol–water partition coefficient (Wildman–Crippen LogP) is 4.11. The topological polar surface area (TPSA) is 47.6 Å². The zero-order chi connectivity index (χ0) is 16.7. The number of aryl methyl sites for hydroxylation is 2. The SMILES string of the molecule is CCCOc1cccc(NC(=O)COc2c(C)cccc2C)c1. The van der Waals surface area contributed by atoms with Crippen molar-refractivity contribution in [2.45, 2.75) is 27.2 Å². The van der Waals surface area contributed by atoms with Gasteiger partial charge >= 0.3 is 0 Å². The Morgan fingerprint density at radius 3 is 2.43 bits per heavy atom. The van der Waals surface area contributed by atoms with Gasteiger partial charge in [0.25, 0.3) is 5.91 Å². The highest BCUT2D eigenvalue weighted by atomic mass is 16.5. The van der Waals surface area contributed by atoms with Crippen LogP contribution in [0, 0.1) is 13.8 Å². The summed E-state index contributed by atoms with van der Waals surface area (Å²) in [5.41, 5.74) is 2.74. The van der Waals surface area contributed by atoms with Gasteiger partial charge in [-0.15, -0.1) is 0 Å². The van der Waals surface area contributed by atoms with Gasteiger partial charge in [0.15, 0.2) is 6.61 Å². The molecule has 23 heavy (non-hydrogen) atoms. The lowest BCUT2D eigenvalue weighted by Gasteiger charge is -2.12. The fourth-order valence-corrected chi connectivity index (χ4v) is 2.25. The van der Waals surface area contributed by atoms with Gasteiger partial charge in [0.05, 0.1) is 6.61 Å². The smallest absolute Gasteiger partial charge is 0.262 e. The molecule has 0 fully saturated rings. The third-order valence-electron chi connectivity index (χ3n) is 3.35. The van der Waals surface area contributed by atoms with Crippen molar-refractivity contribution < 1.29 is 14.3 Å². The standard InChI is InChI=1S/C19H23NO3/c1-4-11-22-17-10-6-9-16(12-17)20-18(21)13-23-19-14(2)7-5-8-15(19)3/h5-10,12H,4,11,13H2,1-3H3,(H,20,21). The maximum absolute atomic E-state index is 12.1. The summed E-state index contributed by atoms with van der Waals surface area (Å²) < 4.78 is 11.2. The molecule has 122 valence electrons. The lowest BCUT2D eigenvalue weighted by Crippen LogP contribution is -2.20. The minimum atomic E-state index is -0.194. The van der Waals surface area contributed by atoms with Gasteiger partial charge in [-0.05, 0) is 43.5 Å². The average Bonchev–Trinajstić information content (AvgIpc) is 2.53. The zero-order valence-electron chi connectivity index (χ0n) is 13.9. The van der Waals surface area contributed by atoms with E-state index >= 15 is 0 Å². The second kappa shape index (κ2) is 8.22. The molecule has 0 radical (unpaired) electrons. The van der Waals surface area contributed by atoms with Crippen molar-refractivity contribution >= 4 is 11.6 Å². The highest BCUT2D eigenvalue weighted by Crippen LogP contribution is 2.22. The van der Waals surface area contributed by atoms with Gasteiger partial charge in [-0.2, -0.15) is 0 Å². The monoisotopic (exact) mass is 313 g/mol. The van der Waals surface area contributed by atoms with Crippen molar-refractivity contribution in [1.29, 1.82) is 0 Å². The molecule has 1 amide bonds. The van der Waals surface area contributed by atoms with Gasteiger partial charge in [-0.3, -0.25) is 4.79 Å². The number of ether oxygens (including phenoxy) is 2. The van der Waals surface area contributed by atoms with Gasteiger partial charge in [-0.1, -0.05) is 31.2 Å². The highest BCUT2D eigenvalue weighted by molar-refractivity contribution is 5.92. The largest absolute Gasteiger partial charge is 0.494 e. The molecule has 0 spiro atoms. The third-order valence-corrected chi connectivity index (χ3v) is 3.35. The van der Waals surface area contributed by atoms with Gasteiger partial charge < -0.3 is 14.8 Å². The summed E-state index contributed by atoms with van der Waals surface area (Å²) in [6.45, 7) is 6.62. The Hall–Kier alpha value is -2.49. The Balaban J connectivity index is 1.92. The van der Waals surface area contributed by atoms with Gasteiger partial charge in [0, 0.05) is 11.8 Å². The van der Waals surface area contributed by atoms with Crippen LogP contribution in [0.1, 0.15) is 24.5 Å². The number of anilines is 1. The quantitative estimate of drug-likeness (QED) is 0.837. The molecule has 0 saturated heterocycles. The normalized spacial score (nSPS) is 10.2. The Bertz CT molecular complexity index is 647. The van der Waals surface area contributed by atoms with Crippen LogP contribution in [0.15, 0.2) is 42.5 Å². The van der Waals surface area contributed by atoms with Crippen molar-refractivity contribution in [2.24, 2.45) is 0 Å². The number of benzene rings is 2. The van der Waals surface area contributed by atoms with Crippen molar-refractivity contribution in [3.8, 4) is 11.5 Å². The van der Waals surface area contributed by atoms with E-state index in [1.54, 1.807) is 0 Å². The molecule has 2 rings (SSSR count). The lowest BCUT2D eigenvalue weighted by atomic mass is 10.1. The molecule has 4 nitrogen and oxygen atoms in total. The molecule has 1 N–H and O–H groups in total. The van der Waals surface area contributed by atoms with Gasteiger partial charge in [0.1, 0.15) is 11.5 Å². The van der Waals surface area contributed by atoms with Crippen LogP contribution < -0.4 is 14.8 Å². The summed E-state index contributed by atoms with van der Waals surface area (Å²) in [4.78, 5) is 12.1. The van der Waals surface area contributed by atoms with E-state index in [2.05, 4.69) is 12.2 Å². The molecule has 0 aliphatic rings. The van der Waals surface area contributed by atoms with Crippen molar-refractivity contribution in [3.63, 3.8) is 0 Å². The molecule has 0 aliphatic heterocycles. The Morgan fingerprint density at radius 2 is 1.74 bits per heavy atom. The number of hydrogen-bond acceptors (Lipinski definition) is 3. The lowest BCUT2D eigenvalue weighted by molar-refractivity contribution is -0.118. The Kier molecular flexibility index (Phi) is 6.03. The van der Waals surface area contributed by atoms with Crippen LogP contribution in [0.25, 0.3) is 0 Å². The summed E-state index contributed by atoms with van der Waals surface area (Å²) in [5.74, 6) is 1.32. The number of carbonyl (C=O) groups is 1. The van der Waals surface area contributed by atoms with Gasteiger partial charge in [0.2, 0.25) is 0 Å². The molecule has 2 aromatic carbocycles. The number of nitrogens with one attached hydrogen (secondary N) is 1. The maximum atomic E-state index is 12.1. The van der Waals surface area contributed by atoms with E-state index in [-0.39, 0.29) is 12.5 Å². The summed E-state index contributed by atoms with van der Waals surface area (Å²) >= 11 is 0. The number of carbonyl (C=O) groups excluding carboxylic acids is 1. The first-order valence-corrected chi connectivity index (χ1v) is 7.82. The highest BCUT2D eigenvalue weighted by Gasteiger charge is 2.08. The van der Waals surface area contributed by atoms with E-state index in [9.17, 15) is 4.79 Å². The van der Waals surface area contributed by atoms with Crippen molar-refractivity contribution in [3.05, 3.63) is 53.6 Å². The van der Waals surface area contributed by atoms with Crippen molar-refractivity contribution in [2.75, 3.05) is 18.5 Å². The minimum Gasteiger partial charge on any atom is -0.494 e. The average molecular weight is 313 g/mol.